The Kier molecular flexibility index (Phi) is 3.10. The highest BCUT2D eigenvalue weighted by Gasteiger charge is 2.24. The first kappa shape index (κ1) is 11.0. The van der Waals surface area contributed by atoms with Gasteiger partial charge in [0.2, 0.25) is 0 Å². The summed E-state index contributed by atoms with van der Waals surface area (Å²) in [6.45, 7) is 0.574. The lowest BCUT2D eigenvalue weighted by atomic mass is 9.95. The van der Waals surface area contributed by atoms with Gasteiger partial charge in [-0.1, -0.05) is 23.7 Å². The molecular formula is C11H11ClN2O2. The first-order chi connectivity index (χ1) is 7.66. The van der Waals surface area contributed by atoms with E-state index in [2.05, 4.69) is 10.5 Å². The van der Waals surface area contributed by atoms with Gasteiger partial charge >= 0.3 is 5.97 Å². The van der Waals surface area contributed by atoms with Gasteiger partial charge in [0.15, 0.2) is 0 Å². The van der Waals surface area contributed by atoms with Crippen LogP contribution in [0.4, 0.5) is 0 Å². The van der Waals surface area contributed by atoms with E-state index in [1.165, 1.54) is 0 Å². The van der Waals surface area contributed by atoms with E-state index in [4.69, 9.17) is 16.7 Å². The Labute approximate surface area is 97.9 Å². The number of hydrazone groups is 1. The summed E-state index contributed by atoms with van der Waals surface area (Å²) in [5.41, 5.74) is 4.54. The molecule has 0 amide bonds. The van der Waals surface area contributed by atoms with Gasteiger partial charge in [-0.2, -0.15) is 5.10 Å². The number of nitrogens with one attached hydrogen (secondary N) is 1. The molecule has 1 aliphatic heterocycles. The zero-order valence-electron chi connectivity index (χ0n) is 8.48. The van der Waals surface area contributed by atoms with Gasteiger partial charge in [0.25, 0.3) is 0 Å². The summed E-state index contributed by atoms with van der Waals surface area (Å²) in [6.07, 6.45) is 0.0917. The largest absolute Gasteiger partial charge is 0.481 e. The minimum atomic E-state index is -0.810. The lowest BCUT2D eigenvalue weighted by molar-refractivity contribution is -0.137. The van der Waals surface area contributed by atoms with Crippen molar-refractivity contribution in [2.75, 3.05) is 6.54 Å². The van der Waals surface area contributed by atoms with Crippen molar-refractivity contribution < 1.29 is 9.90 Å². The first-order valence-electron chi connectivity index (χ1n) is 4.95. The van der Waals surface area contributed by atoms with Gasteiger partial charge in [0.1, 0.15) is 0 Å². The summed E-state index contributed by atoms with van der Waals surface area (Å²) in [5.74, 6) is -0.881. The molecule has 0 aromatic heterocycles. The van der Waals surface area contributed by atoms with Gasteiger partial charge in [-0.25, -0.2) is 0 Å². The van der Waals surface area contributed by atoms with Crippen molar-refractivity contribution in [3.63, 3.8) is 0 Å². The average Bonchev–Trinajstić information content (AvgIpc) is 2.66. The van der Waals surface area contributed by atoms with Crippen LogP contribution in [0.15, 0.2) is 29.4 Å². The van der Waals surface area contributed by atoms with Gasteiger partial charge < -0.3 is 10.5 Å². The smallest absolute Gasteiger partial charge is 0.304 e. The zero-order chi connectivity index (χ0) is 11.5. The zero-order valence-corrected chi connectivity index (χ0v) is 9.24. The van der Waals surface area contributed by atoms with Crippen molar-refractivity contribution in [1.82, 2.24) is 5.43 Å². The second kappa shape index (κ2) is 4.53. The number of hydrogen-bond acceptors (Lipinski definition) is 3. The van der Waals surface area contributed by atoms with E-state index in [-0.39, 0.29) is 12.3 Å². The Hall–Kier alpha value is -1.55. The number of carboxylic acids is 1. The Morgan fingerprint density at radius 1 is 1.50 bits per heavy atom. The van der Waals surface area contributed by atoms with Crippen LogP contribution >= 0.6 is 11.6 Å². The molecule has 0 saturated carbocycles. The summed E-state index contributed by atoms with van der Waals surface area (Å²) in [6, 6.07) is 7.25. The van der Waals surface area contributed by atoms with Crippen molar-refractivity contribution in [2.45, 2.75) is 6.42 Å². The summed E-state index contributed by atoms with van der Waals surface area (Å²) in [4.78, 5) is 10.7. The third-order valence-corrected chi connectivity index (χ3v) is 2.74. The molecule has 0 unspecified atom stereocenters. The Balaban J connectivity index is 2.19. The van der Waals surface area contributed by atoms with Crippen LogP contribution in [0.25, 0.3) is 0 Å². The number of carboxylic acid groups (broad SMARTS) is 1. The number of rotatable bonds is 3. The van der Waals surface area contributed by atoms with Crippen molar-refractivity contribution in [1.29, 1.82) is 0 Å². The SMILES string of the molecule is O=C(O)C[C@@H]1CNN=C1c1ccc(Cl)cc1. The summed E-state index contributed by atoms with van der Waals surface area (Å²) >= 11 is 5.79. The summed E-state index contributed by atoms with van der Waals surface area (Å²) in [7, 11) is 0. The second-order valence-corrected chi connectivity index (χ2v) is 4.10. The molecule has 1 heterocycles. The fourth-order valence-corrected chi connectivity index (χ4v) is 1.86. The van der Waals surface area contributed by atoms with E-state index in [9.17, 15) is 4.79 Å². The number of carbonyl (C=O) groups is 1. The minimum Gasteiger partial charge on any atom is -0.481 e. The predicted octanol–water partition coefficient (Wildman–Crippen LogP) is 1.74. The first-order valence-corrected chi connectivity index (χ1v) is 5.33. The molecule has 1 aromatic rings. The second-order valence-electron chi connectivity index (χ2n) is 3.66. The van der Waals surface area contributed by atoms with Crippen LogP contribution in [0.2, 0.25) is 5.02 Å². The Bertz CT molecular complexity index is 428. The number of nitrogens with zero attached hydrogens (tertiary/aromatic N) is 1. The molecule has 1 atom stereocenters. The highest BCUT2D eigenvalue weighted by Crippen LogP contribution is 2.19. The number of halogens is 1. The molecule has 16 heavy (non-hydrogen) atoms. The highest BCUT2D eigenvalue weighted by molar-refractivity contribution is 6.30. The van der Waals surface area contributed by atoms with Crippen molar-refractivity contribution in [3.05, 3.63) is 34.9 Å². The van der Waals surface area contributed by atoms with E-state index in [1.54, 1.807) is 12.1 Å². The molecule has 84 valence electrons. The van der Waals surface area contributed by atoms with Gasteiger partial charge in [-0.15, -0.1) is 0 Å². The number of aliphatic carboxylic acids is 1. The molecule has 2 rings (SSSR count). The van der Waals surface area contributed by atoms with Crippen LogP contribution in [0, 0.1) is 5.92 Å². The average molecular weight is 239 g/mol. The lowest BCUT2D eigenvalue weighted by Crippen LogP contribution is -2.20. The van der Waals surface area contributed by atoms with Crippen LogP contribution in [-0.4, -0.2) is 23.3 Å². The molecule has 0 aliphatic carbocycles. The van der Waals surface area contributed by atoms with Crippen molar-refractivity contribution in [3.8, 4) is 0 Å². The highest BCUT2D eigenvalue weighted by atomic mass is 35.5. The van der Waals surface area contributed by atoms with Crippen molar-refractivity contribution in [2.24, 2.45) is 11.0 Å². The quantitative estimate of drug-likeness (QED) is 0.843. The third-order valence-electron chi connectivity index (χ3n) is 2.48. The molecular weight excluding hydrogens is 228 g/mol. The minimum absolute atomic E-state index is 0.0707. The molecule has 0 saturated heterocycles. The molecule has 0 radical (unpaired) electrons. The van der Waals surface area contributed by atoms with E-state index < -0.39 is 5.97 Å². The fourth-order valence-electron chi connectivity index (χ4n) is 1.73. The number of hydrogen-bond donors (Lipinski definition) is 2. The molecule has 0 bridgehead atoms. The Morgan fingerprint density at radius 2 is 2.19 bits per heavy atom. The maximum absolute atomic E-state index is 10.7. The molecule has 4 nitrogen and oxygen atoms in total. The molecule has 0 fully saturated rings. The van der Waals surface area contributed by atoms with Crippen LogP contribution in [0.5, 0.6) is 0 Å². The van der Waals surface area contributed by atoms with Gasteiger partial charge in [-0.3, -0.25) is 4.79 Å². The van der Waals surface area contributed by atoms with Gasteiger partial charge in [-0.05, 0) is 17.7 Å². The summed E-state index contributed by atoms with van der Waals surface area (Å²) < 4.78 is 0. The van der Waals surface area contributed by atoms with E-state index in [1.807, 2.05) is 12.1 Å². The van der Waals surface area contributed by atoms with E-state index in [0.717, 1.165) is 11.3 Å². The van der Waals surface area contributed by atoms with Crippen LogP contribution in [0.1, 0.15) is 12.0 Å². The van der Waals surface area contributed by atoms with E-state index in [0.29, 0.717) is 11.6 Å². The van der Waals surface area contributed by atoms with Crippen molar-refractivity contribution >= 4 is 23.3 Å². The topological polar surface area (TPSA) is 61.7 Å². The number of benzene rings is 1. The standard InChI is InChI=1S/C11H11ClN2O2/c12-9-3-1-7(2-4-9)11-8(5-10(15)16)6-13-14-11/h1-4,8,13H,5-6H2,(H,15,16)/t8-/m1/s1. The lowest BCUT2D eigenvalue weighted by Gasteiger charge is -2.08. The van der Waals surface area contributed by atoms with Gasteiger partial charge in [0.05, 0.1) is 12.1 Å². The van der Waals surface area contributed by atoms with Crippen LogP contribution < -0.4 is 5.43 Å². The maximum atomic E-state index is 10.7. The maximum Gasteiger partial charge on any atom is 0.304 e. The van der Waals surface area contributed by atoms with Crippen LogP contribution in [0.3, 0.4) is 0 Å². The summed E-state index contributed by atoms with van der Waals surface area (Å²) in [5, 5.41) is 13.6. The normalized spacial score (nSPS) is 19.1. The molecule has 0 spiro atoms. The molecule has 2 N–H and O–H groups in total. The van der Waals surface area contributed by atoms with Gasteiger partial charge in [0, 0.05) is 17.5 Å². The van der Waals surface area contributed by atoms with E-state index >= 15 is 0 Å². The molecule has 5 heteroatoms. The molecule has 1 aromatic carbocycles. The predicted molar refractivity (Wildman–Crippen MR) is 61.7 cm³/mol. The third kappa shape index (κ3) is 2.33. The fraction of sp³-hybridized carbons (Fsp3) is 0.273. The monoisotopic (exact) mass is 238 g/mol. The van der Waals surface area contributed by atoms with Crippen LogP contribution in [-0.2, 0) is 4.79 Å². The molecule has 1 aliphatic rings. The Morgan fingerprint density at radius 3 is 2.81 bits per heavy atom.